The first-order valence-corrected chi connectivity index (χ1v) is 5.78. The molecule has 0 radical (unpaired) electrons. The van der Waals surface area contributed by atoms with Gasteiger partial charge in [0.1, 0.15) is 18.1 Å². The molecule has 2 aromatic carbocycles. The van der Waals surface area contributed by atoms with Gasteiger partial charge in [-0.15, -0.1) is 0 Å². The summed E-state index contributed by atoms with van der Waals surface area (Å²) in [5, 5.41) is 8.71. The largest absolute Gasteiger partial charge is 0.496 e. The van der Waals surface area contributed by atoms with Crippen LogP contribution in [0.5, 0.6) is 11.5 Å². The quantitative estimate of drug-likeness (QED) is 0.852. The number of hydrogen-bond donors (Lipinski definition) is 1. The van der Waals surface area contributed by atoms with Crippen molar-refractivity contribution in [3.05, 3.63) is 53.6 Å². The zero-order valence-electron chi connectivity index (χ0n) is 10.6. The summed E-state index contributed by atoms with van der Waals surface area (Å²) in [6, 6.07) is 14.4. The maximum atomic E-state index is 8.71. The fourth-order valence-corrected chi connectivity index (χ4v) is 1.70. The van der Waals surface area contributed by atoms with Crippen molar-refractivity contribution < 1.29 is 9.47 Å². The average Bonchev–Trinajstić information content (AvgIpc) is 2.46. The number of nitriles is 1. The Morgan fingerprint density at radius 1 is 1.16 bits per heavy atom. The van der Waals surface area contributed by atoms with Crippen LogP contribution < -0.4 is 15.2 Å². The molecular formula is C15H14N2O2. The summed E-state index contributed by atoms with van der Waals surface area (Å²) >= 11 is 0. The minimum atomic E-state index is 0.361. The molecule has 4 heteroatoms. The number of rotatable bonds is 4. The Hall–Kier alpha value is -2.67. The second-order valence-corrected chi connectivity index (χ2v) is 4.00. The molecule has 0 saturated heterocycles. The van der Waals surface area contributed by atoms with Gasteiger partial charge in [-0.2, -0.15) is 5.26 Å². The van der Waals surface area contributed by atoms with Crippen molar-refractivity contribution in [2.24, 2.45) is 0 Å². The molecule has 0 unspecified atom stereocenters. The van der Waals surface area contributed by atoms with Crippen LogP contribution in [0.4, 0.5) is 5.69 Å². The molecule has 0 aliphatic rings. The van der Waals surface area contributed by atoms with Crippen LogP contribution in [0.2, 0.25) is 0 Å². The summed E-state index contributed by atoms with van der Waals surface area (Å²) in [7, 11) is 1.61. The molecular weight excluding hydrogens is 240 g/mol. The van der Waals surface area contributed by atoms with Gasteiger partial charge in [-0.1, -0.05) is 0 Å². The van der Waals surface area contributed by atoms with Crippen LogP contribution in [-0.2, 0) is 6.61 Å². The normalized spacial score (nSPS) is 9.68. The van der Waals surface area contributed by atoms with E-state index in [4.69, 9.17) is 20.5 Å². The van der Waals surface area contributed by atoms with E-state index in [-0.39, 0.29) is 0 Å². The maximum Gasteiger partial charge on any atom is 0.125 e. The lowest BCUT2D eigenvalue weighted by atomic mass is 10.2. The third-order valence-corrected chi connectivity index (χ3v) is 2.68. The topological polar surface area (TPSA) is 68.3 Å². The van der Waals surface area contributed by atoms with E-state index in [2.05, 4.69) is 6.07 Å². The molecule has 0 saturated carbocycles. The highest BCUT2D eigenvalue weighted by atomic mass is 16.5. The standard InChI is InChI=1S/C15H14N2O2/c1-18-15-7-4-13(17)8-12(15)10-19-14-5-2-11(9-16)3-6-14/h2-8H,10,17H2,1H3. The van der Waals surface area contributed by atoms with Crippen LogP contribution in [0.25, 0.3) is 0 Å². The van der Waals surface area contributed by atoms with Gasteiger partial charge >= 0.3 is 0 Å². The van der Waals surface area contributed by atoms with Gasteiger partial charge in [0.15, 0.2) is 0 Å². The van der Waals surface area contributed by atoms with Crippen LogP contribution in [-0.4, -0.2) is 7.11 Å². The molecule has 2 N–H and O–H groups in total. The summed E-state index contributed by atoms with van der Waals surface area (Å²) in [4.78, 5) is 0. The van der Waals surface area contributed by atoms with Crippen molar-refractivity contribution in [2.75, 3.05) is 12.8 Å². The van der Waals surface area contributed by atoms with Gasteiger partial charge in [0, 0.05) is 11.3 Å². The first-order valence-electron chi connectivity index (χ1n) is 5.78. The first kappa shape index (κ1) is 12.8. The number of ether oxygens (including phenoxy) is 2. The van der Waals surface area contributed by atoms with Crippen LogP contribution in [0.1, 0.15) is 11.1 Å². The molecule has 96 valence electrons. The van der Waals surface area contributed by atoms with Crippen LogP contribution in [0, 0.1) is 11.3 Å². The van der Waals surface area contributed by atoms with Gasteiger partial charge in [-0.25, -0.2) is 0 Å². The lowest BCUT2D eigenvalue weighted by Crippen LogP contribution is -2.00. The number of hydrogen-bond acceptors (Lipinski definition) is 4. The summed E-state index contributed by atoms with van der Waals surface area (Å²) in [5.74, 6) is 1.44. The molecule has 4 nitrogen and oxygen atoms in total. The molecule has 0 fully saturated rings. The van der Waals surface area contributed by atoms with Crippen molar-refractivity contribution in [3.8, 4) is 17.6 Å². The highest BCUT2D eigenvalue weighted by Gasteiger charge is 2.04. The smallest absolute Gasteiger partial charge is 0.125 e. The Labute approximate surface area is 112 Å². The Morgan fingerprint density at radius 3 is 2.53 bits per heavy atom. The molecule has 0 aliphatic carbocycles. The second kappa shape index (κ2) is 5.78. The molecule has 0 aromatic heterocycles. The highest BCUT2D eigenvalue weighted by Crippen LogP contribution is 2.23. The number of benzene rings is 2. The molecule has 2 aromatic rings. The Morgan fingerprint density at radius 2 is 1.89 bits per heavy atom. The molecule has 0 heterocycles. The van der Waals surface area contributed by atoms with E-state index in [1.54, 1.807) is 37.4 Å². The lowest BCUT2D eigenvalue weighted by Gasteiger charge is -2.11. The van der Waals surface area contributed by atoms with Crippen molar-refractivity contribution in [1.82, 2.24) is 0 Å². The van der Waals surface area contributed by atoms with Gasteiger partial charge in [0.25, 0.3) is 0 Å². The summed E-state index contributed by atoms with van der Waals surface area (Å²) in [6.07, 6.45) is 0. The summed E-state index contributed by atoms with van der Waals surface area (Å²) in [6.45, 7) is 0.361. The van der Waals surface area contributed by atoms with Gasteiger partial charge in [-0.05, 0) is 42.5 Å². The van der Waals surface area contributed by atoms with Crippen molar-refractivity contribution >= 4 is 5.69 Å². The first-order chi connectivity index (χ1) is 9.22. The summed E-state index contributed by atoms with van der Waals surface area (Å²) in [5.41, 5.74) is 7.89. The van der Waals surface area contributed by atoms with E-state index in [1.165, 1.54) is 0 Å². The Bertz CT molecular complexity index is 601. The minimum Gasteiger partial charge on any atom is -0.496 e. The molecule has 0 aliphatic heterocycles. The number of nitrogen functional groups attached to an aromatic ring is 1. The highest BCUT2D eigenvalue weighted by molar-refractivity contribution is 5.47. The van der Waals surface area contributed by atoms with E-state index in [0.717, 1.165) is 11.3 Å². The van der Waals surface area contributed by atoms with Crippen molar-refractivity contribution in [3.63, 3.8) is 0 Å². The van der Waals surface area contributed by atoms with Gasteiger partial charge in [-0.3, -0.25) is 0 Å². The van der Waals surface area contributed by atoms with E-state index in [9.17, 15) is 0 Å². The second-order valence-electron chi connectivity index (χ2n) is 4.00. The van der Waals surface area contributed by atoms with Gasteiger partial charge < -0.3 is 15.2 Å². The zero-order valence-corrected chi connectivity index (χ0v) is 10.6. The molecule has 0 bridgehead atoms. The maximum absolute atomic E-state index is 8.71. The van der Waals surface area contributed by atoms with E-state index in [0.29, 0.717) is 23.6 Å². The molecule has 0 spiro atoms. The van der Waals surface area contributed by atoms with Crippen LogP contribution in [0.3, 0.4) is 0 Å². The van der Waals surface area contributed by atoms with E-state index >= 15 is 0 Å². The third-order valence-electron chi connectivity index (χ3n) is 2.68. The SMILES string of the molecule is COc1ccc(N)cc1COc1ccc(C#N)cc1. The Balaban J connectivity index is 2.09. The van der Waals surface area contributed by atoms with Gasteiger partial charge in [0.05, 0.1) is 18.7 Å². The monoisotopic (exact) mass is 254 g/mol. The minimum absolute atomic E-state index is 0.361. The average molecular weight is 254 g/mol. The number of methoxy groups -OCH3 is 1. The van der Waals surface area contributed by atoms with Gasteiger partial charge in [0.2, 0.25) is 0 Å². The molecule has 2 rings (SSSR count). The number of nitrogens with two attached hydrogens (primary N) is 1. The molecule has 0 atom stereocenters. The van der Waals surface area contributed by atoms with Crippen LogP contribution >= 0.6 is 0 Å². The Kier molecular flexibility index (Phi) is 3.89. The van der Waals surface area contributed by atoms with E-state index in [1.807, 2.05) is 12.1 Å². The van der Waals surface area contributed by atoms with Crippen molar-refractivity contribution in [2.45, 2.75) is 6.61 Å². The van der Waals surface area contributed by atoms with Crippen molar-refractivity contribution in [1.29, 1.82) is 5.26 Å². The fourth-order valence-electron chi connectivity index (χ4n) is 1.70. The molecule has 0 amide bonds. The van der Waals surface area contributed by atoms with Crippen LogP contribution in [0.15, 0.2) is 42.5 Å². The molecule has 19 heavy (non-hydrogen) atoms. The lowest BCUT2D eigenvalue weighted by molar-refractivity contribution is 0.297. The number of anilines is 1. The predicted molar refractivity (Wildman–Crippen MR) is 72.9 cm³/mol. The third kappa shape index (κ3) is 3.17. The predicted octanol–water partition coefficient (Wildman–Crippen LogP) is 2.73. The summed E-state index contributed by atoms with van der Waals surface area (Å²) < 4.78 is 10.9. The van der Waals surface area contributed by atoms with E-state index < -0.39 is 0 Å². The number of nitrogens with zero attached hydrogens (tertiary/aromatic N) is 1. The fraction of sp³-hybridized carbons (Fsp3) is 0.133. The zero-order chi connectivity index (χ0) is 13.7.